The van der Waals surface area contributed by atoms with Crippen molar-refractivity contribution in [2.75, 3.05) is 16.4 Å². The zero-order valence-electron chi connectivity index (χ0n) is 13.6. The lowest BCUT2D eigenvalue weighted by Crippen LogP contribution is -2.51. The molecule has 126 valence electrons. The minimum Gasteiger partial charge on any atom is -0.326 e. The molecule has 1 heterocycles. The third-order valence-electron chi connectivity index (χ3n) is 6.39. The number of thioether (sulfide) groups is 1. The Morgan fingerprint density at radius 3 is 2.46 bits per heavy atom. The lowest BCUT2D eigenvalue weighted by molar-refractivity contribution is -0.140. The predicted octanol–water partition coefficient (Wildman–Crippen LogP) is 3.89. The fraction of sp³-hybridized carbons (Fsp3) is 0.579. The summed E-state index contributed by atoms with van der Waals surface area (Å²) in [5.41, 5.74) is 1.49. The number of rotatable bonds is 2. The molecule has 0 radical (unpaired) electrons. The van der Waals surface area contributed by atoms with Crippen LogP contribution in [-0.2, 0) is 9.59 Å². The van der Waals surface area contributed by atoms with Gasteiger partial charge in [-0.15, -0.1) is 11.8 Å². The van der Waals surface area contributed by atoms with Crippen LogP contribution in [0.5, 0.6) is 0 Å². The quantitative estimate of drug-likeness (QED) is 0.857. The third-order valence-corrected chi connectivity index (χ3v) is 7.46. The summed E-state index contributed by atoms with van der Waals surface area (Å²) in [5, 5.41) is 6.06. The van der Waals surface area contributed by atoms with Crippen molar-refractivity contribution < 1.29 is 9.59 Å². The fourth-order valence-corrected chi connectivity index (χ4v) is 6.60. The van der Waals surface area contributed by atoms with Gasteiger partial charge in [0.2, 0.25) is 11.8 Å². The number of hydrogen-bond acceptors (Lipinski definition) is 3. The maximum absolute atomic E-state index is 13.1. The minimum absolute atomic E-state index is 0.0251. The average molecular weight is 342 g/mol. The van der Waals surface area contributed by atoms with Crippen LogP contribution in [0.4, 0.5) is 11.4 Å². The zero-order chi connectivity index (χ0) is 16.3. The highest BCUT2D eigenvalue weighted by atomic mass is 32.2. The number of nitrogens with one attached hydrogen (secondary N) is 2. The van der Waals surface area contributed by atoms with E-state index in [9.17, 15) is 9.59 Å². The molecule has 5 aliphatic rings. The first-order valence-electron chi connectivity index (χ1n) is 8.98. The van der Waals surface area contributed by atoms with Crippen molar-refractivity contribution in [1.82, 2.24) is 0 Å². The van der Waals surface area contributed by atoms with Crippen LogP contribution >= 0.6 is 11.8 Å². The van der Waals surface area contributed by atoms with Crippen LogP contribution in [0.2, 0.25) is 0 Å². The Hall–Kier alpha value is -1.49. The second kappa shape index (κ2) is 5.25. The van der Waals surface area contributed by atoms with E-state index in [-0.39, 0.29) is 17.2 Å². The number of carbonyl (C=O) groups excluding carboxylic acids is 2. The number of amides is 2. The number of fused-ring (bicyclic) bond motifs is 1. The van der Waals surface area contributed by atoms with Gasteiger partial charge in [0.1, 0.15) is 0 Å². The minimum atomic E-state index is -0.136. The Balaban J connectivity index is 1.37. The van der Waals surface area contributed by atoms with Crippen molar-refractivity contribution in [3.8, 4) is 0 Å². The summed E-state index contributed by atoms with van der Waals surface area (Å²) >= 11 is 1.55. The molecule has 4 aliphatic carbocycles. The van der Waals surface area contributed by atoms with Crippen LogP contribution in [0, 0.1) is 23.2 Å². The molecular weight excluding hydrogens is 320 g/mol. The summed E-state index contributed by atoms with van der Waals surface area (Å²) in [6.07, 6.45) is 7.24. The molecule has 6 rings (SSSR count). The lowest BCUT2D eigenvalue weighted by atomic mass is 9.49. The zero-order valence-corrected chi connectivity index (χ0v) is 14.5. The van der Waals surface area contributed by atoms with E-state index in [1.807, 2.05) is 18.2 Å². The van der Waals surface area contributed by atoms with E-state index in [0.29, 0.717) is 5.75 Å². The molecule has 2 amide bonds. The van der Waals surface area contributed by atoms with E-state index in [2.05, 4.69) is 10.6 Å². The lowest BCUT2D eigenvalue weighted by Gasteiger charge is -2.55. The Bertz CT molecular complexity index is 695. The third kappa shape index (κ3) is 2.36. The van der Waals surface area contributed by atoms with Gasteiger partial charge in [0.05, 0.1) is 16.9 Å². The predicted molar refractivity (Wildman–Crippen MR) is 95.0 cm³/mol. The van der Waals surface area contributed by atoms with Crippen LogP contribution in [0.3, 0.4) is 0 Å². The Morgan fingerprint density at radius 1 is 1.12 bits per heavy atom. The van der Waals surface area contributed by atoms with Gasteiger partial charge in [0, 0.05) is 10.6 Å². The summed E-state index contributed by atoms with van der Waals surface area (Å²) in [7, 11) is 0. The second-order valence-electron chi connectivity index (χ2n) is 8.20. The van der Waals surface area contributed by atoms with Crippen LogP contribution < -0.4 is 10.6 Å². The molecule has 4 bridgehead atoms. The molecule has 24 heavy (non-hydrogen) atoms. The second-order valence-corrected chi connectivity index (χ2v) is 9.22. The van der Waals surface area contributed by atoms with E-state index in [0.717, 1.165) is 53.3 Å². The Labute approximate surface area is 146 Å². The molecule has 1 aromatic rings. The molecule has 4 saturated carbocycles. The first kappa shape index (κ1) is 14.8. The van der Waals surface area contributed by atoms with E-state index in [1.165, 1.54) is 19.3 Å². The molecule has 0 spiro atoms. The SMILES string of the molecule is O=C1CSc2ccc(NC(=O)C34CC5CC(CC(C5)C3)C4)cc2N1. The van der Waals surface area contributed by atoms with Crippen LogP contribution in [0.15, 0.2) is 23.1 Å². The smallest absolute Gasteiger partial charge is 0.234 e. The molecule has 0 unspecified atom stereocenters. The molecule has 4 fully saturated rings. The van der Waals surface area contributed by atoms with Gasteiger partial charge in [-0.25, -0.2) is 0 Å². The van der Waals surface area contributed by atoms with Crippen molar-refractivity contribution in [1.29, 1.82) is 0 Å². The molecule has 5 heteroatoms. The van der Waals surface area contributed by atoms with Crippen LogP contribution in [0.1, 0.15) is 38.5 Å². The summed E-state index contributed by atoms with van der Waals surface area (Å²) in [4.78, 5) is 25.7. The van der Waals surface area contributed by atoms with Gasteiger partial charge < -0.3 is 10.6 Å². The maximum Gasteiger partial charge on any atom is 0.234 e. The van der Waals surface area contributed by atoms with E-state index in [4.69, 9.17) is 0 Å². The van der Waals surface area contributed by atoms with Crippen LogP contribution in [-0.4, -0.2) is 17.6 Å². The van der Waals surface area contributed by atoms with Crippen molar-refractivity contribution in [2.45, 2.75) is 43.4 Å². The highest BCUT2D eigenvalue weighted by Crippen LogP contribution is 2.60. The van der Waals surface area contributed by atoms with Gasteiger partial charge in [-0.1, -0.05) is 0 Å². The van der Waals surface area contributed by atoms with Gasteiger partial charge in [0.25, 0.3) is 0 Å². The molecular formula is C19H22N2O2S. The molecule has 4 nitrogen and oxygen atoms in total. The maximum atomic E-state index is 13.1. The van der Waals surface area contributed by atoms with Gasteiger partial charge in [-0.2, -0.15) is 0 Å². The summed E-state index contributed by atoms with van der Waals surface area (Å²) in [6.45, 7) is 0. The number of benzene rings is 1. The molecule has 1 aliphatic heterocycles. The average Bonchev–Trinajstić information content (AvgIpc) is 2.53. The number of hydrogen-bond donors (Lipinski definition) is 2. The van der Waals surface area contributed by atoms with E-state index >= 15 is 0 Å². The summed E-state index contributed by atoms with van der Waals surface area (Å²) in [5.74, 6) is 2.99. The highest BCUT2D eigenvalue weighted by Gasteiger charge is 2.54. The molecule has 0 atom stereocenters. The summed E-state index contributed by atoms with van der Waals surface area (Å²) < 4.78 is 0. The van der Waals surface area contributed by atoms with Gasteiger partial charge in [-0.3, -0.25) is 9.59 Å². The van der Waals surface area contributed by atoms with Crippen molar-refractivity contribution in [3.05, 3.63) is 18.2 Å². The highest BCUT2D eigenvalue weighted by molar-refractivity contribution is 8.00. The van der Waals surface area contributed by atoms with Gasteiger partial charge in [0.15, 0.2) is 0 Å². The first-order valence-corrected chi connectivity index (χ1v) is 9.96. The Kier molecular flexibility index (Phi) is 3.24. The monoisotopic (exact) mass is 342 g/mol. The topological polar surface area (TPSA) is 58.2 Å². The molecule has 1 aromatic carbocycles. The normalized spacial score (nSPS) is 36.2. The molecule has 0 saturated heterocycles. The summed E-state index contributed by atoms with van der Waals surface area (Å²) in [6, 6.07) is 5.86. The van der Waals surface area contributed by atoms with Crippen LogP contribution in [0.25, 0.3) is 0 Å². The van der Waals surface area contributed by atoms with Gasteiger partial charge >= 0.3 is 0 Å². The van der Waals surface area contributed by atoms with Crippen molar-refractivity contribution in [2.24, 2.45) is 23.2 Å². The van der Waals surface area contributed by atoms with Crippen molar-refractivity contribution in [3.63, 3.8) is 0 Å². The standard InChI is InChI=1S/C19H22N2O2S/c22-17-10-24-16-2-1-14(6-15(16)21-17)20-18(23)19-7-11-3-12(8-19)5-13(4-11)9-19/h1-2,6,11-13H,3-5,7-10H2,(H,20,23)(H,21,22). The Morgan fingerprint density at radius 2 is 1.79 bits per heavy atom. The largest absolute Gasteiger partial charge is 0.326 e. The first-order chi connectivity index (χ1) is 11.6. The molecule has 0 aromatic heterocycles. The number of carbonyl (C=O) groups is 2. The van der Waals surface area contributed by atoms with Crippen molar-refractivity contribution >= 4 is 35.0 Å². The number of anilines is 2. The molecule has 2 N–H and O–H groups in total. The van der Waals surface area contributed by atoms with E-state index in [1.54, 1.807) is 11.8 Å². The fourth-order valence-electron chi connectivity index (χ4n) is 5.81. The van der Waals surface area contributed by atoms with E-state index < -0.39 is 0 Å². The van der Waals surface area contributed by atoms with Gasteiger partial charge in [-0.05, 0) is 74.5 Å².